The van der Waals surface area contributed by atoms with Gasteiger partial charge in [0.25, 0.3) is 0 Å². The number of aromatic amines is 1. The van der Waals surface area contributed by atoms with Crippen molar-refractivity contribution in [3.8, 4) is 0 Å². The van der Waals surface area contributed by atoms with Gasteiger partial charge in [0.15, 0.2) is 0 Å². The van der Waals surface area contributed by atoms with Gasteiger partial charge in [0, 0.05) is 22.0 Å². The summed E-state index contributed by atoms with van der Waals surface area (Å²) in [5.41, 5.74) is 1.13. The predicted molar refractivity (Wildman–Crippen MR) is 65.7 cm³/mol. The van der Waals surface area contributed by atoms with Gasteiger partial charge in [-0.3, -0.25) is 0 Å². The number of thiol groups is 1. The maximum Gasteiger partial charge on any atom is 0.106 e. The number of aromatic nitrogens is 1. The van der Waals surface area contributed by atoms with Crippen LogP contribution < -0.4 is 0 Å². The van der Waals surface area contributed by atoms with Crippen LogP contribution in [0.25, 0.3) is 10.9 Å². The Kier molecular flexibility index (Phi) is 2.62. The first kappa shape index (κ1) is 9.12. The molecule has 1 aromatic heterocycles. The topological polar surface area (TPSA) is 15.8 Å². The second-order valence-corrected chi connectivity index (χ2v) is 5.34. The van der Waals surface area contributed by atoms with E-state index in [-0.39, 0.29) is 0 Å². The Morgan fingerprint density at radius 2 is 2.15 bits per heavy atom. The van der Waals surface area contributed by atoms with Crippen molar-refractivity contribution in [2.75, 3.05) is 0 Å². The molecule has 0 radical (unpaired) electrons. The molecule has 1 heterocycles. The summed E-state index contributed by atoms with van der Waals surface area (Å²) in [6, 6.07) is 8.13. The van der Waals surface area contributed by atoms with Crippen LogP contribution >= 0.6 is 36.6 Å². The van der Waals surface area contributed by atoms with Crippen LogP contribution in [-0.4, -0.2) is 8.51 Å². The minimum atomic E-state index is 0.643. The Morgan fingerprint density at radius 1 is 1.38 bits per heavy atom. The van der Waals surface area contributed by atoms with Gasteiger partial charge in [0.05, 0.1) is 0 Å². The van der Waals surface area contributed by atoms with E-state index >= 15 is 0 Å². The van der Waals surface area contributed by atoms with Crippen molar-refractivity contribution >= 4 is 51.0 Å². The third kappa shape index (κ3) is 1.90. The van der Waals surface area contributed by atoms with E-state index in [1.807, 2.05) is 24.4 Å². The van der Waals surface area contributed by atoms with Crippen molar-refractivity contribution in [1.29, 1.82) is 0 Å². The lowest BCUT2D eigenvalue weighted by Crippen LogP contribution is -1.71. The van der Waals surface area contributed by atoms with Crippen LogP contribution in [0.4, 0.5) is 0 Å². The second-order valence-electron chi connectivity index (χ2n) is 2.57. The van der Waals surface area contributed by atoms with Gasteiger partial charge < -0.3 is 4.98 Å². The molecule has 0 saturated carbocycles. The molecular formula is C9H7NS3. The lowest BCUT2D eigenvalue weighted by atomic mass is 10.2. The third-order valence-electron chi connectivity index (χ3n) is 1.75. The number of nitrogens with one attached hydrogen (secondary N) is 1. The monoisotopic (exact) mass is 225 g/mol. The van der Waals surface area contributed by atoms with E-state index in [1.54, 1.807) is 0 Å². The van der Waals surface area contributed by atoms with Crippen LogP contribution in [0.2, 0.25) is 0 Å². The maximum absolute atomic E-state index is 4.92. The first-order chi connectivity index (χ1) is 6.27. The molecule has 13 heavy (non-hydrogen) atoms. The van der Waals surface area contributed by atoms with E-state index in [2.05, 4.69) is 23.7 Å². The van der Waals surface area contributed by atoms with E-state index < -0.39 is 0 Å². The highest BCUT2D eigenvalue weighted by atomic mass is 32.2. The van der Waals surface area contributed by atoms with Crippen molar-refractivity contribution in [2.45, 2.75) is 4.90 Å². The Hall–Kier alpha value is -0.450. The van der Waals surface area contributed by atoms with Gasteiger partial charge >= 0.3 is 0 Å². The standard InChI is InChI=1S/C9H7NS3/c11-9(12)13-8-5-10-7-4-2-1-3-6(7)8/h1-5,10H,(H,11,12). The van der Waals surface area contributed by atoms with Crippen molar-refractivity contribution in [1.82, 2.24) is 4.98 Å². The first-order valence-electron chi connectivity index (χ1n) is 3.74. The normalized spacial score (nSPS) is 10.5. The van der Waals surface area contributed by atoms with Gasteiger partial charge in [-0.1, -0.05) is 42.2 Å². The molecule has 2 rings (SSSR count). The zero-order valence-electron chi connectivity index (χ0n) is 6.65. The fourth-order valence-electron chi connectivity index (χ4n) is 1.22. The average molecular weight is 225 g/mol. The molecular weight excluding hydrogens is 218 g/mol. The molecule has 1 aromatic carbocycles. The summed E-state index contributed by atoms with van der Waals surface area (Å²) >= 11 is 10.5. The molecule has 2 aromatic rings. The number of rotatable bonds is 1. The lowest BCUT2D eigenvalue weighted by Gasteiger charge is -1.94. The van der Waals surface area contributed by atoms with E-state index in [1.165, 1.54) is 17.1 Å². The molecule has 0 unspecified atom stereocenters. The quantitative estimate of drug-likeness (QED) is 0.439. The summed E-state index contributed by atoms with van der Waals surface area (Å²) in [5, 5.41) is 1.20. The summed E-state index contributed by atoms with van der Waals surface area (Å²) in [5.74, 6) is 0. The first-order valence-corrected chi connectivity index (χ1v) is 5.41. The third-order valence-corrected chi connectivity index (χ3v) is 3.00. The molecule has 4 heteroatoms. The highest BCUT2D eigenvalue weighted by Gasteiger charge is 2.03. The van der Waals surface area contributed by atoms with Crippen LogP contribution in [0.5, 0.6) is 0 Å². The summed E-state index contributed by atoms with van der Waals surface area (Å²) < 4.78 is 0.643. The number of H-pyrrole nitrogens is 1. The largest absolute Gasteiger partial charge is 0.360 e. The molecule has 1 N–H and O–H groups in total. The van der Waals surface area contributed by atoms with Gasteiger partial charge in [0.2, 0.25) is 0 Å². The van der Waals surface area contributed by atoms with Gasteiger partial charge in [-0.25, -0.2) is 0 Å². The molecule has 0 aliphatic rings. The fraction of sp³-hybridized carbons (Fsp3) is 0. The van der Waals surface area contributed by atoms with E-state index in [4.69, 9.17) is 12.2 Å². The molecule has 0 saturated heterocycles. The number of hydrogen-bond donors (Lipinski definition) is 2. The van der Waals surface area contributed by atoms with Gasteiger partial charge in [-0.15, -0.1) is 12.6 Å². The second kappa shape index (κ2) is 3.74. The average Bonchev–Trinajstić information content (AvgIpc) is 2.48. The number of para-hydroxylation sites is 1. The number of fused-ring (bicyclic) bond motifs is 1. The number of thioether (sulfide) groups is 1. The lowest BCUT2D eigenvalue weighted by molar-refractivity contribution is 1.42. The molecule has 0 spiro atoms. The molecule has 0 fully saturated rings. The van der Waals surface area contributed by atoms with Gasteiger partial charge in [-0.2, -0.15) is 0 Å². The summed E-state index contributed by atoms with van der Waals surface area (Å²) in [7, 11) is 0. The van der Waals surface area contributed by atoms with Crippen LogP contribution in [-0.2, 0) is 0 Å². The Balaban J connectivity index is 2.51. The maximum atomic E-state index is 4.92. The predicted octanol–water partition coefficient (Wildman–Crippen LogP) is 3.47. The Bertz CT molecular complexity index is 447. The molecule has 0 aliphatic heterocycles. The summed E-state index contributed by atoms with van der Waals surface area (Å²) in [4.78, 5) is 4.31. The highest BCUT2D eigenvalue weighted by Crippen LogP contribution is 2.29. The summed E-state index contributed by atoms with van der Waals surface area (Å²) in [6.07, 6.45) is 1.96. The number of hydrogen-bond acceptors (Lipinski definition) is 2. The zero-order valence-corrected chi connectivity index (χ0v) is 9.18. The van der Waals surface area contributed by atoms with Crippen molar-refractivity contribution in [2.24, 2.45) is 0 Å². The van der Waals surface area contributed by atoms with Crippen molar-refractivity contribution < 1.29 is 0 Å². The summed E-state index contributed by atoms with van der Waals surface area (Å²) in [6.45, 7) is 0. The molecule has 0 amide bonds. The van der Waals surface area contributed by atoms with E-state index in [0.717, 1.165) is 10.4 Å². The van der Waals surface area contributed by atoms with Crippen molar-refractivity contribution in [3.63, 3.8) is 0 Å². The zero-order chi connectivity index (χ0) is 9.26. The van der Waals surface area contributed by atoms with Crippen molar-refractivity contribution in [3.05, 3.63) is 30.5 Å². The van der Waals surface area contributed by atoms with Gasteiger partial charge in [0.1, 0.15) is 3.53 Å². The van der Waals surface area contributed by atoms with Crippen LogP contribution in [0.1, 0.15) is 0 Å². The van der Waals surface area contributed by atoms with Crippen LogP contribution in [0, 0.1) is 0 Å². The highest BCUT2D eigenvalue weighted by molar-refractivity contribution is 8.41. The molecule has 0 bridgehead atoms. The SMILES string of the molecule is S=C(S)Sc1c[nH]c2ccccc12. The number of thiocarbonyl (C=S) groups is 1. The fourth-order valence-corrected chi connectivity index (χ4v) is 2.38. The minimum absolute atomic E-state index is 0.643. The molecule has 0 atom stereocenters. The van der Waals surface area contributed by atoms with Crippen LogP contribution in [0.15, 0.2) is 35.4 Å². The number of benzene rings is 1. The Morgan fingerprint density at radius 3 is 2.92 bits per heavy atom. The van der Waals surface area contributed by atoms with E-state index in [0.29, 0.717) is 3.53 Å². The van der Waals surface area contributed by atoms with Gasteiger partial charge in [-0.05, 0) is 6.07 Å². The molecule has 0 aliphatic carbocycles. The minimum Gasteiger partial charge on any atom is -0.360 e. The molecule has 66 valence electrons. The molecule has 1 nitrogen and oxygen atoms in total. The van der Waals surface area contributed by atoms with E-state index in [9.17, 15) is 0 Å². The smallest absolute Gasteiger partial charge is 0.106 e. The Labute approximate surface area is 91.3 Å². The van der Waals surface area contributed by atoms with Crippen LogP contribution in [0.3, 0.4) is 0 Å².